The highest BCUT2D eigenvalue weighted by Gasteiger charge is 2.11. The second-order valence-electron chi connectivity index (χ2n) is 5.12. The molecule has 2 aromatic rings. The molecule has 0 fully saturated rings. The summed E-state index contributed by atoms with van der Waals surface area (Å²) in [6.07, 6.45) is 1.47. The molecule has 0 saturated heterocycles. The molecule has 1 aliphatic rings. The zero-order valence-electron chi connectivity index (χ0n) is 13.1. The van der Waals surface area contributed by atoms with Crippen LogP contribution >= 0.6 is 0 Å². The van der Waals surface area contributed by atoms with Gasteiger partial charge >= 0.3 is 0 Å². The van der Waals surface area contributed by atoms with Crippen LogP contribution < -0.4 is 20.4 Å². The minimum Gasteiger partial charge on any atom is -0.486 e. The molecule has 1 aliphatic heterocycles. The number of hydrogen-bond donors (Lipinski definition) is 3. The third-order valence-electron chi connectivity index (χ3n) is 3.43. The quantitative estimate of drug-likeness (QED) is 0.442. The van der Waals surface area contributed by atoms with Gasteiger partial charge in [0.1, 0.15) is 13.2 Å². The molecular formula is C17H15N3O5. The van der Waals surface area contributed by atoms with Gasteiger partial charge in [-0.05, 0) is 42.0 Å². The van der Waals surface area contributed by atoms with Gasteiger partial charge in [0, 0.05) is 11.1 Å². The Morgan fingerprint density at radius 3 is 2.48 bits per heavy atom. The first-order chi connectivity index (χ1) is 12.2. The summed E-state index contributed by atoms with van der Waals surface area (Å²) in [5.74, 6) is 0.117. The lowest BCUT2D eigenvalue weighted by Gasteiger charge is -2.18. The van der Waals surface area contributed by atoms with Crippen LogP contribution in [0, 0.1) is 0 Å². The molecule has 0 saturated carbocycles. The molecule has 3 rings (SSSR count). The monoisotopic (exact) mass is 341 g/mol. The maximum atomic E-state index is 12.1. The van der Waals surface area contributed by atoms with Gasteiger partial charge in [0.05, 0.1) is 6.21 Å². The van der Waals surface area contributed by atoms with Crippen molar-refractivity contribution < 1.29 is 24.3 Å². The van der Waals surface area contributed by atoms with Crippen LogP contribution in [0.1, 0.15) is 26.3 Å². The highest BCUT2D eigenvalue weighted by atomic mass is 16.6. The fourth-order valence-corrected chi connectivity index (χ4v) is 2.24. The van der Waals surface area contributed by atoms with E-state index in [-0.39, 0.29) is 11.1 Å². The Labute approximate surface area is 143 Å². The molecule has 0 bridgehead atoms. The van der Waals surface area contributed by atoms with Gasteiger partial charge in [-0.1, -0.05) is 6.07 Å². The second-order valence-corrected chi connectivity index (χ2v) is 5.12. The van der Waals surface area contributed by atoms with Crippen LogP contribution in [0.5, 0.6) is 11.5 Å². The number of nitrogens with zero attached hydrogens (tertiary/aromatic N) is 1. The number of nitrogens with one attached hydrogen (secondary N) is 2. The number of rotatable bonds is 4. The number of hydroxylamine groups is 1. The largest absolute Gasteiger partial charge is 0.486 e. The van der Waals surface area contributed by atoms with E-state index >= 15 is 0 Å². The number of hydrazone groups is 1. The van der Waals surface area contributed by atoms with Crippen LogP contribution in [-0.4, -0.2) is 36.4 Å². The molecule has 2 aromatic carbocycles. The van der Waals surface area contributed by atoms with Crippen LogP contribution in [0.3, 0.4) is 0 Å². The lowest BCUT2D eigenvalue weighted by atomic mass is 10.1. The molecule has 1 heterocycles. The Morgan fingerprint density at radius 1 is 1.00 bits per heavy atom. The van der Waals surface area contributed by atoms with Gasteiger partial charge in [0.15, 0.2) is 11.5 Å². The van der Waals surface area contributed by atoms with Crippen LogP contribution in [0.15, 0.2) is 47.6 Å². The number of fused-ring (bicyclic) bond motifs is 1. The maximum Gasteiger partial charge on any atom is 0.274 e. The molecule has 3 N–H and O–H groups in total. The molecule has 0 unspecified atom stereocenters. The average Bonchev–Trinajstić information content (AvgIpc) is 2.67. The summed E-state index contributed by atoms with van der Waals surface area (Å²) in [4.78, 5) is 23.4. The number of carbonyl (C=O) groups is 2. The summed E-state index contributed by atoms with van der Waals surface area (Å²) in [5, 5.41) is 12.5. The Kier molecular flexibility index (Phi) is 4.91. The highest BCUT2D eigenvalue weighted by molar-refractivity contribution is 5.99. The van der Waals surface area contributed by atoms with Crippen molar-refractivity contribution in [2.75, 3.05) is 13.2 Å². The normalized spacial score (nSPS) is 12.7. The van der Waals surface area contributed by atoms with E-state index in [0.29, 0.717) is 24.7 Å². The molecule has 8 nitrogen and oxygen atoms in total. The number of amides is 2. The molecule has 2 amide bonds. The van der Waals surface area contributed by atoms with Gasteiger partial charge in [-0.15, -0.1) is 0 Å². The first kappa shape index (κ1) is 16.5. The van der Waals surface area contributed by atoms with Crippen molar-refractivity contribution >= 4 is 18.0 Å². The van der Waals surface area contributed by atoms with Crippen molar-refractivity contribution in [1.29, 1.82) is 0 Å². The van der Waals surface area contributed by atoms with Gasteiger partial charge in [0.25, 0.3) is 11.8 Å². The first-order valence-electron chi connectivity index (χ1n) is 7.45. The van der Waals surface area contributed by atoms with Crippen LogP contribution in [0.4, 0.5) is 0 Å². The third kappa shape index (κ3) is 3.93. The molecule has 128 valence electrons. The van der Waals surface area contributed by atoms with Gasteiger partial charge < -0.3 is 9.47 Å². The minimum absolute atomic E-state index is 0.158. The second kappa shape index (κ2) is 7.45. The number of carbonyl (C=O) groups excluding carboxylic acids is 2. The Balaban J connectivity index is 1.66. The molecule has 0 radical (unpaired) electrons. The van der Waals surface area contributed by atoms with Gasteiger partial charge in [-0.25, -0.2) is 10.9 Å². The Bertz CT molecular complexity index is 835. The van der Waals surface area contributed by atoms with E-state index in [9.17, 15) is 9.59 Å². The van der Waals surface area contributed by atoms with E-state index in [1.165, 1.54) is 36.0 Å². The summed E-state index contributed by atoms with van der Waals surface area (Å²) in [6.45, 7) is 1.01. The zero-order chi connectivity index (χ0) is 17.6. The van der Waals surface area contributed by atoms with E-state index in [4.69, 9.17) is 14.7 Å². The van der Waals surface area contributed by atoms with Crippen molar-refractivity contribution in [3.8, 4) is 11.5 Å². The molecule has 0 aliphatic carbocycles. The van der Waals surface area contributed by atoms with E-state index in [2.05, 4.69) is 10.5 Å². The highest BCUT2D eigenvalue weighted by Crippen LogP contribution is 2.30. The van der Waals surface area contributed by atoms with Crippen LogP contribution in [-0.2, 0) is 0 Å². The predicted molar refractivity (Wildman–Crippen MR) is 88.2 cm³/mol. The number of hydrogen-bond acceptors (Lipinski definition) is 6. The average molecular weight is 341 g/mol. The van der Waals surface area contributed by atoms with Crippen molar-refractivity contribution in [3.05, 3.63) is 59.2 Å². The van der Waals surface area contributed by atoms with E-state index in [1.807, 2.05) is 0 Å². The zero-order valence-corrected chi connectivity index (χ0v) is 13.1. The van der Waals surface area contributed by atoms with Gasteiger partial charge in [0.2, 0.25) is 0 Å². The van der Waals surface area contributed by atoms with E-state index in [0.717, 1.165) is 5.56 Å². The molecular weight excluding hydrogens is 326 g/mol. The lowest BCUT2D eigenvalue weighted by molar-refractivity contribution is 0.0706. The topological polar surface area (TPSA) is 109 Å². The third-order valence-corrected chi connectivity index (χ3v) is 3.43. The summed E-state index contributed by atoms with van der Waals surface area (Å²) >= 11 is 0. The molecule has 0 aromatic heterocycles. The predicted octanol–water partition coefficient (Wildman–Crippen LogP) is 1.34. The molecule has 0 spiro atoms. The fraction of sp³-hybridized carbons (Fsp3) is 0.118. The number of ether oxygens (including phenoxy) is 2. The lowest BCUT2D eigenvalue weighted by Crippen LogP contribution is -2.21. The summed E-state index contributed by atoms with van der Waals surface area (Å²) in [7, 11) is 0. The van der Waals surface area contributed by atoms with Crippen molar-refractivity contribution in [1.82, 2.24) is 10.9 Å². The van der Waals surface area contributed by atoms with Crippen molar-refractivity contribution in [3.63, 3.8) is 0 Å². The first-order valence-corrected chi connectivity index (χ1v) is 7.45. The maximum absolute atomic E-state index is 12.1. The van der Waals surface area contributed by atoms with E-state index < -0.39 is 11.8 Å². The molecule has 0 atom stereocenters. The van der Waals surface area contributed by atoms with Gasteiger partial charge in [-0.3, -0.25) is 14.8 Å². The Morgan fingerprint density at radius 2 is 1.72 bits per heavy atom. The Hall–Kier alpha value is -3.39. The smallest absolute Gasteiger partial charge is 0.274 e. The van der Waals surface area contributed by atoms with Crippen LogP contribution in [0.2, 0.25) is 0 Å². The van der Waals surface area contributed by atoms with Crippen LogP contribution in [0.25, 0.3) is 0 Å². The van der Waals surface area contributed by atoms with Crippen molar-refractivity contribution in [2.24, 2.45) is 5.10 Å². The SMILES string of the molecule is O=C(NO)c1cccc(C(=O)N/N=C/c2ccc3c(c2)OCCO3)c1. The standard InChI is InChI=1S/C17H15N3O5/c21-16(12-2-1-3-13(9-12)17(22)20-23)19-18-10-11-4-5-14-15(8-11)25-7-6-24-14/h1-5,8-10,23H,6-7H2,(H,19,21)(H,20,22)/b18-10+. The van der Waals surface area contributed by atoms with Crippen molar-refractivity contribution in [2.45, 2.75) is 0 Å². The summed E-state index contributed by atoms with van der Waals surface area (Å²) in [5.41, 5.74) is 5.02. The minimum atomic E-state index is -0.700. The fourth-order valence-electron chi connectivity index (χ4n) is 2.24. The molecule has 8 heteroatoms. The summed E-state index contributed by atoms with van der Waals surface area (Å²) in [6, 6.07) is 11.2. The summed E-state index contributed by atoms with van der Waals surface area (Å²) < 4.78 is 10.9. The van der Waals surface area contributed by atoms with E-state index in [1.54, 1.807) is 18.2 Å². The molecule has 25 heavy (non-hydrogen) atoms. The number of benzene rings is 2. The van der Waals surface area contributed by atoms with Gasteiger partial charge in [-0.2, -0.15) is 5.10 Å².